The van der Waals surface area contributed by atoms with E-state index >= 15 is 0 Å². The summed E-state index contributed by atoms with van der Waals surface area (Å²) in [5, 5.41) is 0. The second kappa shape index (κ2) is 7.25. The molecule has 0 spiro atoms. The first-order valence-electron chi connectivity index (χ1n) is 8.66. The highest BCUT2D eigenvalue weighted by Crippen LogP contribution is 2.35. The van der Waals surface area contributed by atoms with Crippen LogP contribution < -0.4 is 4.90 Å². The molecule has 0 bridgehead atoms. The number of aromatic nitrogens is 2. The first kappa shape index (κ1) is 19.6. The number of anilines is 2. The molecule has 0 saturated carbocycles. The van der Waals surface area contributed by atoms with Crippen LogP contribution in [0.2, 0.25) is 0 Å². The van der Waals surface area contributed by atoms with Gasteiger partial charge in [-0.15, -0.1) is 0 Å². The number of benzene rings is 2. The number of fused-ring (bicyclic) bond motifs is 1. The third-order valence-electron chi connectivity index (χ3n) is 4.41. The van der Waals surface area contributed by atoms with Gasteiger partial charge in [0.2, 0.25) is 0 Å². The van der Waals surface area contributed by atoms with E-state index in [4.69, 9.17) is 0 Å². The summed E-state index contributed by atoms with van der Waals surface area (Å²) in [7, 11) is 0. The van der Waals surface area contributed by atoms with Gasteiger partial charge in [-0.2, -0.15) is 13.2 Å². The van der Waals surface area contributed by atoms with Crippen LogP contribution in [0, 0.1) is 11.6 Å². The molecule has 0 aliphatic rings. The Morgan fingerprint density at radius 2 is 1.63 bits per heavy atom. The maximum absolute atomic E-state index is 14.6. The Kier molecular flexibility index (Phi) is 4.73. The van der Waals surface area contributed by atoms with Gasteiger partial charge in [-0.3, -0.25) is 9.69 Å². The lowest BCUT2D eigenvalue weighted by atomic mass is 10.1. The molecule has 0 aliphatic carbocycles. The minimum atomic E-state index is -5.09. The predicted molar refractivity (Wildman–Crippen MR) is 99.5 cm³/mol. The molecule has 4 rings (SSSR count). The molecular formula is C21H12F5N3O. The van der Waals surface area contributed by atoms with E-state index in [0.29, 0.717) is 11.7 Å². The second-order valence-corrected chi connectivity index (χ2v) is 6.32. The number of carbonyl (C=O) groups excluding carboxylic acids is 1. The van der Waals surface area contributed by atoms with Gasteiger partial charge in [-0.25, -0.2) is 13.8 Å². The van der Waals surface area contributed by atoms with Gasteiger partial charge < -0.3 is 4.40 Å². The average molecular weight is 417 g/mol. The van der Waals surface area contributed by atoms with Crippen LogP contribution in [0.15, 0.2) is 73.1 Å². The molecule has 2 aromatic heterocycles. The topological polar surface area (TPSA) is 37.6 Å². The van der Waals surface area contributed by atoms with Crippen molar-refractivity contribution in [1.82, 2.24) is 9.38 Å². The van der Waals surface area contributed by atoms with Crippen molar-refractivity contribution in [2.24, 2.45) is 0 Å². The first-order valence-corrected chi connectivity index (χ1v) is 8.66. The number of hydrogen-bond donors (Lipinski definition) is 0. The molecule has 30 heavy (non-hydrogen) atoms. The lowest BCUT2D eigenvalue weighted by molar-refractivity contribution is -0.140. The Morgan fingerprint density at radius 1 is 0.933 bits per heavy atom. The molecule has 0 N–H and O–H groups in total. The fourth-order valence-electron chi connectivity index (χ4n) is 3.04. The van der Waals surface area contributed by atoms with Gasteiger partial charge in [-0.1, -0.05) is 24.3 Å². The Hall–Kier alpha value is -3.75. The lowest BCUT2D eigenvalue weighted by Crippen LogP contribution is -2.29. The van der Waals surface area contributed by atoms with Gasteiger partial charge in [0.15, 0.2) is 11.6 Å². The van der Waals surface area contributed by atoms with Crippen molar-refractivity contribution in [3.8, 4) is 0 Å². The first-order chi connectivity index (χ1) is 14.3. The zero-order valence-electron chi connectivity index (χ0n) is 15.1. The van der Waals surface area contributed by atoms with Crippen LogP contribution in [-0.4, -0.2) is 15.3 Å². The highest BCUT2D eigenvalue weighted by Gasteiger charge is 2.38. The number of amides is 1. The van der Waals surface area contributed by atoms with Crippen LogP contribution in [0.1, 0.15) is 15.9 Å². The summed E-state index contributed by atoms with van der Waals surface area (Å²) in [5.74, 6) is -4.70. The number of hydrogen-bond acceptors (Lipinski definition) is 2. The molecule has 0 unspecified atom stereocenters. The number of pyridine rings is 1. The molecule has 0 atom stereocenters. The summed E-state index contributed by atoms with van der Waals surface area (Å²) < 4.78 is 69.9. The Bertz CT molecular complexity index is 1200. The lowest BCUT2D eigenvalue weighted by Gasteiger charge is -2.21. The van der Waals surface area contributed by atoms with Crippen LogP contribution >= 0.6 is 0 Å². The van der Waals surface area contributed by atoms with E-state index in [0.717, 1.165) is 4.90 Å². The van der Waals surface area contributed by atoms with Gasteiger partial charge in [0.05, 0.1) is 17.4 Å². The zero-order valence-corrected chi connectivity index (χ0v) is 15.1. The molecule has 0 radical (unpaired) electrons. The van der Waals surface area contributed by atoms with Crippen molar-refractivity contribution < 1.29 is 26.7 Å². The molecule has 2 heterocycles. The number of carbonyl (C=O) groups is 1. The van der Waals surface area contributed by atoms with Crippen LogP contribution in [0.5, 0.6) is 0 Å². The van der Waals surface area contributed by atoms with Gasteiger partial charge >= 0.3 is 6.18 Å². The summed E-state index contributed by atoms with van der Waals surface area (Å²) in [6, 6.07) is 13.5. The van der Waals surface area contributed by atoms with Gasteiger partial charge in [0, 0.05) is 6.20 Å². The molecule has 0 saturated heterocycles. The smallest absolute Gasteiger partial charge is 0.305 e. The molecule has 4 nitrogen and oxygen atoms in total. The van der Waals surface area contributed by atoms with E-state index < -0.39 is 34.8 Å². The number of imidazole rings is 1. The Balaban J connectivity index is 1.92. The van der Waals surface area contributed by atoms with Crippen molar-refractivity contribution in [1.29, 1.82) is 0 Å². The second-order valence-electron chi connectivity index (χ2n) is 6.32. The molecule has 9 heteroatoms. The molecule has 0 aliphatic heterocycles. The van der Waals surface area contributed by atoms with Crippen molar-refractivity contribution in [2.45, 2.75) is 6.18 Å². The van der Waals surface area contributed by atoms with E-state index in [1.54, 1.807) is 47.0 Å². The number of halogens is 5. The van der Waals surface area contributed by atoms with Crippen LogP contribution in [0.25, 0.3) is 5.65 Å². The van der Waals surface area contributed by atoms with E-state index in [9.17, 15) is 26.7 Å². The van der Waals surface area contributed by atoms with E-state index in [1.807, 2.05) is 0 Å². The standard InChI is InChI=1S/C21H12F5N3O/c22-15-10-9-14(21(24,25)26)19(23)18(15)20(30)29(13-6-2-1-3-7-13)17-12-28-11-5-4-8-16(28)27-17/h1-12H. The molecule has 0 fully saturated rings. The number of nitrogens with zero attached hydrogens (tertiary/aromatic N) is 3. The summed E-state index contributed by atoms with van der Waals surface area (Å²) in [4.78, 5) is 18.3. The maximum atomic E-state index is 14.6. The molecular weight excluding hydrogens is 405 g/mol. The molecule has 1 amide bonds. The highest BCUT2D eigenvalue weighted by molar-refractivity contribution is 6.10. The van der Waals surface area contributed by atoms with Crippen LogP contribution in [0.3, 0.4) is 0 Å². The maximum Gasteiger partial charge on any atom is 0.419 e. The van der Waals surface area contributed by atoms with Gasteiger partial charge in [0.25, 0.3) is 5.91 Å². The van der Waals surface area contributed by atoms with Crippen molar-refractivity contribution in [3.63, 3.8) is 0 Å². The fraction of sp³-hybridized carbons (Fsp3) is 0.0476. The van der Waals surface area contributed by atoms with Crippen molar-refractivity contribution >= 4 is 23.1 Å². The van der Waals surface area contributed by atoms with E-state index in [2.05, 4.69) is 4.98 Å². The summed E-state index contributed by atoms with van der Waals surface area (Å²) in [6.07, 6.45) is -2.01. The third kappa shape index (κ3) is 3.38. The minimum Gasteiger partial charge on any atom is -0.305 e. The van der Waals surface area contributed by atoms with E-state index in [1.165, 1.54) is 18.3 Å². The van der Waals surface area contributed by atoms with Gasteiger partial charge in [-0.05, 0) is 36.4 Å². The van der Waals surface area contributed by atoms with Crippen LogP contribution in [0.4, 0.5) is 33.5 Å². The fourth-order valence-corrected chi connectivity index (χ4v) is 3.04. The normalized spacial score (nSPS) is 11.6. The third-order valence-corrected chi connectivity index (χ3v) is 4.41. The largest absolute Gasteiger partial charge is 0.419 e. The summed E-state index contributed by atoms with van der Waals surface area (Å²) in [5.41, 5.74) is -2.42. The number of alkyl halides is 3. The molecule has 2 aromatic carbocycles. The molecule has 4 aromatic rings. The number of rotatable bonds is 3. The van der Waals surface area contributed by atoms with Crippen molar-refractivity contribution in [2.75, 3.05) is 4.90 Å². The monoisotopic (exact) mass is 417 g/mol. The van der Waals surface area contributed by atoms with E-state index in [-0.39, 0.29) is 17.6 Å². The summed E-state index contributed by atoms with van der Waals surface area (Å²) in [6.45, 7) is 0. The summed E-state index contributed by atoms with van der Waals surface area (Å²) >= 11 is 0. The minimum absolute atomic E-state index is 0.00592. The number of para-hydroxylation sites is 1. The van der Waals surface area contributed by atoms with Crippen molar-refractivity contribution in [3.05, 3.63) is 95.8 Å². The Morgan fingerprint density at radius 3 is 2.30 bits per heavy atom. The quantitative estimate of drug-likeness (QED) is 0.407. The SMILES string of the molecule is O=C(c1c(F)ccc(C(F)(F)F)c1F)N(c1ccccc1)c1cn2ccccc2n1. The zero-order chi connectivity index (χ0) is 21.5. The predicted octanol–water partition coefficient (Wildman–Crippen LogP) is 5.61. The Labute approximate surface area is 166 Å². The average Bonchev–Trinajstić information content (AvgIpc) is 3.11. The molecule has 152 valence electrons. The highest BCUT2D eigenvalue weighted by atomic mass is 19.4. The van der Waals surface area contributed by atoms with Gasteiger partial charge in [0.1, 0.15) is 17.0 Å². The van der Waals surface area contributed by atoms with Crippen LogP contribution in [-0.2, 0) is 6.18 Å².